The van der Waals surface area contributed by atoms with Gasteiger partial charge in [0.05, 0.1) is 5.01 Å². The van der Waals surface area contributed by atoms with Crippen molar-refractivity contribution in [2.75, 3.05) is 17.2 Å². The monoisotopic (exact) mass is 319 g/mol. The van der Waals surface area contributed by atoms with Crippen LogP contribution < -0.4 is 15.4 Å². The number of aryl methyl sites for hydroxylation is 2. The normalized spacial score (nSPS) is 13.7. The molecule has 1 fully saturated rings. The van der Waals surface area contributed by atoms with Crippen LogP contribution in [-0.2, 0) is 0 Å². The van der Waals surface area contributed by atoms with Crippen molar-refractivity contribution in [3.8, 4) is 5.88 Å². The maximum atomic E-state index is 11.9. The summed E-state index contributed by atoms with van der Waals surface area (Å²) in [4.78, 5) is 24.3. The Labute approximate surface area is 132 Å². The fourth-order valence-corrected chi connectivity index (χ4v) is 2.65. The molecule has 0 atom stereocenters. The second-order valence-corrected chi connectivity index (χ2v) is 6.40. The molecule has 0 unspecified atom stereocenters. The molecule has 0 aliphatic heterocycles. The number of amides is 1. The Balaban J connectivity index is 1.62. The quantitative estimate of drug-likeness (QED) is 0.880. The first-order valence-corrected chi connectivity index (χ1v) is 7.91. The van der Waals surface area contributed by atoms with Crippen LogP contribution in [0.5, 0.6) is 5.88 Å². The Kier molecular flexibility index (Phi) is 4.19. The van der Waals surface area contributed by atoms with Gasteiger partial charge in [-0.3, -0.25) is 5.32 Å². The fraction of sp³-hybridized carbons (Fsp3) is 0.429. The van der Waals surface area contributed by atoms with Gasteiger partial charge in [0.1, 0.15) is 11.6 Å². The average molecular weight is 319 g/mol. The number of nitrogens with zero attached hydrogens (tertiary/aromatic N) is 3. The largest absolute Gasteiger partial charge is 0.419 e. The van der Waals surface area contributed by atoms with Crippen molar-refractivity contribution in [2.45, 2.75) is 26.7 Å². The molecule has 2 aromatic heterocycles. The summed E-state index contributed by atoms with van der Waals surface area (Å²) in [6.45, 7) is 4.52. The van der Waals surface area contributed by atoms with Crippen molar-refractivity contribution in [3.05, 3.63) is 23.1 Å². The van der Waals surface area contributed by atoms with E-state index in [0.717, 1.165) is 22.5 Å². The molecule has 2 heterocycles. The summed E-state index contributed by atoms with van der Waals surface area (Å²) in [5, 5.41) is 7.51. The third-order valence-corrected chi connectivity index (χ3v) is 4.06. The highest BCUT2D eigenvalue weighted by Gasteiger charge is 2.22. The zero-order valence-corrected chi connectivity index (χ0v) is 13.2. The summed E-state index contributed by atoms with van der Waals surface area (Å²) in [7, 11) is 0. The van der Waals surface area contributed by atoms with Gasteiger partial charge in [-0.1, -0.05) is 11.3 Å². The molecule has 7 nitrogen and oxygen atoms in total. The third kappa shape index (κ3) is 3.91. The van der Waals surface area contributed by atoms with Crippen molar-refractivity contribution in [1.29, 1.82) is 0 Å². The van der Waals surface area contributed by atoms with Crippen LogP contribution in [0.3, 0.4) is 0 Å². The Hall–Kier alpha value is -2.22. The first-order valence-electron chi connectivity index (χ1n) is 7.10. The molecule has 0 saturated heterocycles. The van der Waals surface area contributed by atoms with Gasteiger partial charge < -0.3 is 10.1 Å². The summed E-state index contributed by atoms with van der Waals surface area (Å²) in [5.41, 5.74) is 0. The number of hydrogen-bond donors (Lipinski definition) is 2. The molecule has 1 aliphatic carbocycles. The molecule has 1 saturated carbocycles. The SMILES string of the molecule is Cc1nccc(NC(=O)Oc2nc(C)sc2NCC2CC2)n1. The van der Waals surface area contributed by atoms with Crippen LogP contribution in [-0.4, -0.2) is 27.6 Å². The highest BCUT2D eigenvalue weighted by atomic mass is 32.1. The third-order valence-electron chi connectivity index (χ3n) is 3.15. The number of rotatable bonds is 5. The van der Waals surface area contributed by atoms with Gasteiger partial charge in [0.2, 0.25) is 0 Å². The van der Waals surface area contributed by atoms with Crippen molar-refractivity contribution in [3.63, 3.8) is 0 Å². The van der Waals surface area contributed by atoms with Gasteiger partial charge in [-0.05, 0) is 38.7 Å². The summed E-state index contributed by atoms with van der Waals surface area (Å²) >= 11 is 1.48. The van der Waals surface area contributed by atoms with Gasteiger partial charge in [0.25, 0.3) is 5.88 Å². The number of carbonyl (C=O) groups excluding carboxylic acids is 1. The second kappa shape index (κ2) is 6.27. The number of thiazole rings is 1. The van der Waals surface area contributed by atoms with Gasteiger partial charge in [0.15, 0.2) is 5.00 Å². The lowest BCUT2D eigenvalue weighted by atomic mass is 10.4. The van der Waals surface area contributed by atoms with E-state index in [1.54, 1.807) is 19.2 Å². The summed E-state index contributed by atoms with van der Waals surface area (Å²) in [6, 6.07) is 1.60. The van der Waals surface area contributed by atoms with Crippen LogP contribution in [0, 0.1) is 19.8 Å². The molecule has 8 heteroatoms. The minimum Gasteiger partial charge on any atom is -0.388 e. The molecule has 0 spiro atoms. The van der Waals surface area contributed by atoms with Crippen LogP contribution in [0.1, 0.15) is 23.7 Å². The molecule has 0 radical (unpaired) electrons. The maximum Gasteiger partial charge on any atom is 0.419 e. The highest BCUT2D eigenvalue weighted by Crippen LogP contribution is 2.34. The highest BCUT2D eigenvalue weighted by molar-refractivity contribution is 7.16. The average Bonchev–Trinajstić information content (AvgIpc) is 3.21. The standard InChI is InChI=1S/C14H17N5O2S/c1-8-15-6-5-11(17-8)19-14(20)21-12-13(22-9(2)18-12)16-7-10-3-4-10/h5-6,10,16H,3-4,7H2,1-2H3,(H,15,17,19,20). The molecular weight excluding hydrogens is 302 g/mol. The number of carbonyl (C=O) groups is 1. The molecule has 3 rings (SSSR count). The predicted molar refractivity (Wildman–Crippen MR) is 84.5 cm³/mol. The lowest BCUT2D eigenvalue weighted by molar-refractivity contribution is 0.213. The summed E-state index contributed by atoms with van der Waals surface area (Å²) in [6.07, 6.45) is 3.48. The number of anilines is 2. The topological polar surface area (TPSA) is 89.0 Å². The van der Waals surface area contributed by atoms with E-state index < -0.39 is 6.09 Å². The summed E-state index contributed by atoms with van der Waals surface area (Å²) < 4.78 is 5.29. The number of aromatic nitrogens is 3. The zero-order chi connectivity index (χ0) is 15.5. The van der Waals surface area contributed by atoms with Gasteiger partial charge in [-0.25, -0.2) is 19.7 Å². The van der Waals surface area contributed by atoms with Crippen LogP contribution in [0.25, 0.3) is 0 Å². The number of hydrogen-bond acceptors (Lipinski definition) is 7. The van der Waals surface area contributed by atoms with E-state index in [1.807, 2.05) is 6.92 Å². The van der Waals surface area contributed by atoms with E-state index in [-0.39, 0.29) is 0 Å². The van der Waals surface area contributed by atoms with Crippen molar-refractivity contribution in [1.82, 2.24) is 15.0 Å². The smallest absolute Gasteiger partial charge is 0.388 e. The Bertz CT molecular complexity index is 684. The van der Waals surface area contributed by atoms with Gasteiger partial charge in [-0.15, -0.1) is 0 Å². The molecule has 1 aliphatic rings. The summed E-state index contributed by atoms with van der Waals surface area (Å²) in [5.74, 6) is 2.02. The molecule has 2 N–H and O–H groups in total. The predicted octanol–water partition coefficient (Wildman–Crippen LogP) is 2.98. The van der Waals surface area contributed by atoms with Gasteiger partial charge in [0, 0.05) is 12.7 Å². The molecule has 0 bridgehead atoms. The van der Waals surface area contributed by atoms with E-state index in [4.69, 9.17) is 4.74 Å². The van der Waals surface area contributed by atoms with Crippen LogP contribution >= 0.6 is 11.3 Å². The number of nitrogens with one attached hydrogen (secondary N) is 2. The molecule has 116 valence electrons. The molecule has 2 aromatic rings. The maximum absolute atomic E-state index is 11.9. The molecule has 22 heavy (non-hydrogen) atoms. The van der Waals surface area contributed by atoms with Crippen molar-refractivity contribution in [2.24, 2.45) is 5.92 Å². The van der Waals surface area contributed by atoms with E-state index in [1.165, 1.54) is 24.2 Å². The zero-order valence-electron chi connectivity index (χ0n) is 12.4. The van der Waals surface area contributed by atoms with Crippen molar-refractivity contribution < 1.29 is 9.53 Å². The van der Waals surface area contributed by atoms with Gasteiger partial charge >= 0.3 is 6.09 Å². The van der Waals surface area contributed by atoms with E-state index in [9.17, 15) is 4.79 Å². The van der Waals surface area contributed by atoms with Crippen LogP contribution in [0.2, 0.25) is 0 Å². The Morgan fingerprint density at radius 3 is 2.95 bits per heavy atom. The van der Waals surface area contributed by atoms with E-state index >= 15 is 0 Å². The van der Waals surface area contributed by atoms with Crippen molar-refractivity contribution >= 4 is 28.2 Å². The minimum atomic E-state index is -0.613. The fourth-order valence-electron chi connectivity index (χ4n) is 1.89. The number of ether oxygens (including phenoxy) is 1. The molecule has 1 amide bonds. The first kappa shape index (κ1) is 14.7. The molecular formula is C14H17N5O2S. The Morgan fingerprint density at radius 1 is 1.41 bits per heavy atom. The van der Waals surface area contributed by atoms with Crippen LogP contribution in [0.15, 0.2) is 12.3 Å². The minimum absolute atomic E-state index is 0.312. The Morgan fingerprint density at radius 2 is 2.23 bits per heavy atom. The van der Waals surface area contributed by atoms with Crippen LogP contribution in [0.4, 0.5) is 15.6 Å². The van der Waals surface area contributed by atoms with E-state index in [2.05, 4.69) is 25.6 Å². The lowest BCUT2D eigenvalue weighted by Gasteiger charge is -2.07. The van der Waals surface area contributed by atoms with Gasteiger partial charge in [-0.2, -0.15) is 0 Å². The lowest BCUT2D eigenvalue weighted by Crippen LogP contribution is -2.18. The first-order chi connectivity index (χ1) is 10.6. The van der Waals surface area contributed by atoms with E-state index in [0.29, 0.717) is 17.5 Å². The second-order valence-electron chi connectivity index (χ2n) is 5.20. The molecule has 0 aromatic carbocycles.